The summed E-state index contributed by atoms with van der Waals surface area (Å²) in [6.07, 6.45) is 0. The molecule has 1 N–H and O–H groups in total. The zero-order chi connectivity index (χ0) is 12.1. The molecule has 0 amide bonds. The van der Waals surface area contributed by atoms with Crippen molar-refractivity contribution in [3.8, 4) is 17.0 Å². The lowest BCUT2D eigenvalue weighted by molar-refractivity contribution is 0.341. The smallest absolute Gasteiger partial charge is 0.128 e. The Bertz CT molecular complexity index is 556. The maximum atomic E-state index is 8.32. The summed E-state index contributed by atoms with van der Waals surface area (Å²) < 4.78 is 5.50. The minimum atomic E-state index is 0.383. The van der Waals surface area contributed by atoms with E-state index in [1.54, 1.807) is 6.07 Å². The van der Waals surface area contributed by atoms with Crippen molar-refractivity contribution >= 4 is 5.82 Å². The van der Waals surface area contributed by atoms with Gasteiger partial charge in [-0.25, -0.2) is 0 Å². The van der Waals surface area contributed by atoms with Gasteiger partial charge in [0.25, 0.3) is 0 Å². The molecular weight excluding hydrogens is 218 g/mol. The summed E-state index contributed by atoms with van der Waals surface area (Å²) in [5.41, 5.74) is 9.88. The predicted octanol–water partition coefficient (Wildman–Crippen LogP) is 3.42. The Morgan fingerprint density at radius 1 is 1.47 bits per heavy atom. The number of H-pyrrole nitrogens is 1. The van der Waals surface area contributed by atoms with Crippen molar-refractivity contribution in [1.82, 2.24) is 10.2 Å². The van der Waals surface area contributed by atoms with Gasteiger partial charge in [-0.15, -0.1) is 0 Å². The first-order chi connectivity index (χ1) is 8.35. The summed E-state index contributed by atoms with van der Waals surface area (Å²) in [5, 5.41) is 10.2. The summed E-state index contributed by atoms with van der Waals surface area (Å²) in [4.78, 5) is 2.69. The Morgan fingerprint density at radius 3 is 3.06 bits per heavy atom. The van der Waals surface area contributed by atoms with E-state index in [1.165, 1.54) is 0 Å². The van der Waals surface area contributed by atoms with Crippen LogP contribution >= 0.6 is 0 Å². The van der Waals surface area contributed by atoms with Gasteiger partial charge in [-0.1, -0.05) is 12.1 Å². The molecule has 1 heterocycles. The van der Waals surface area contributed by atoms with Gasteiger partial charge in [0.05, 0.1) is 12.3 Å². The SMILES string of the molecule is CCOc1ccccc1-c1cc(N=[N+]=[N-])[nH]n1. The minimum Gasteiger partial charge on any atom is -0.493 e. The first kappa shape index (κ1) is 11.0. The van der Waals surface area contributed by atoms with Crippen molar-refractivity contribution in [3.63, 3.8) is 0 Å². The first-order valence-corrected chi connectivity index (χ1v) is 5.18. The average molecular weight is 229 g/mol. The van der Waals surface area contributed by atoms with E-state index in [0.29, 0.717) is 18.1 Å². The molecule has 0 radical (unpaired) electrons. The Balaban J connectivity index is 2.40. The fraction of sp³-hybridized carbons (Fsp3) is 0.182. The molecule has 0 atom stereocenters. The second kappa shape index (κ2) is 5.05. The van der Waals surface area contributed by atoms with Crippen molar-refractivity contribution in [2.75, 3.05) is 6.61 Å². The second-order valence-corrected chi connectivity index (χ2v) is 3.26. The van der Waals surface area contributed by atoms with Crippen molar-refractivity contribution in [3.05, 3.63) is 40.8 Å². The molecule has 0 aliphatic carbocycles. The molecule has 2 rings (SSSR count). The van der Waals surface area contributed by atoms with Crippen molar-refractivity contribution in [2.45, 2.75) is 6.92 Å². The first-order valence-electron chi connectivity index (χ1n) is 5.18. The largest absolute Gasteiger partial charge is 0.493 e. The third-order valence-corrected chi connectivity index (χ3v) is 2.18. The van der Waals surface area contributed by atoms with Gasteiger partial charge in [0.15, 0.2) is 0 Å². The molecule has 0 unspecified atom stereocenters. The third-order valence-electron chi connectivity index (χ3n) is 2.18. The fourth-order valence-electron chi connectivity index (χ4n) is 1.51. The second-order valence-electron chi connectivity index (χ2n) is 3.26. The van der Waals surface area contributed by atoms with Crippen molar-refractivity contribution < 1.29 is 4.74 Å². The van der Waals surface area contributed by atoms with Gasteiger partial charge in [-0.05, 0) is 35.8 Å². The van der Waals surface area contributed by atoms with Gasteiger partial charge in [0, 0.05) is 10.5 Å². The van der Waals surface area contributed by atoms with E-state index in [4.69, 9.17) is 10.3 Å². The van der Waals surface area contributed by atoms with Crippen LogP contribution in [0.1, 0.15) is 6.92 Å². The van der Waals surface area contributed by atoms with Crippen LogP contribution in [0.25, 0.3) is 21.7 Å². The molecule has 6 nitrogen and oxygen atoms in total. The van der Waals surface area contributed by atoms with Crippen LogP contribution in [0.2, 0.25) is 0 Å². The molecule has 0 saturated heterocycles. The van der Waals surface area contributed by atoms with E-state index in [-0.39, 0.29) is 0 Å². The zero-order valence-electron chi connectivity index (χ0n) is 9.29. The molecule has 86 valence electrons. The maximum absolute atomic E-state index is 8.32. The molecule has 0 aliphatic rings. The number of azide groups is 1. The lowest BCUT2D eigenvalue weighted by Gasteiger charge is -2.07. The van der Waals surface area contributed by atoms with Crippen LogP contribution in [0.15, 0.2) is 35.4 Å². The van der Waals surface area contributed by atoms with Crippen LogP contribution in [0.4, 0.5) is 5.82 Å². The highest BCUT2D eigenvalue weighted by molar-refractivity contribution is 5.68. The number of rotatable bonds is 4. The number of aromatic nitrogens is 2. The fourth-order valence-corrected chi connectivity index (χ4v) is 1.51. The highest BCUT2D eigenvalue weighted by atomic mass is 16.5. The molecule has 6 heteroatoms. The molecule has 0 bridgehead atoms. The van der Waals surface area contributed by atoms with Crippen LogP contribution < -0.4 is 4.74 Å². The van der Waals surface area contributed by atoms with Crippen LogP contribution in [0.3, 0.4) is 0 Å². The van der Waals surface area contributed by atoms with Gasteiger partial charge in [0.1, 0.15) is 11.6 Å². The summed E-state index contributed by atoms with van der Waals surface area (Å²) in [6, 6.07) is 9.26. The number of ether oxygens (including phenoxy) is 1. The summed E-state index contributed by atoms with van der Waals surface area (Å²) in [6.45, 7) is 2.51. The third kappa shape index (κ3) is 2.38. The number of nitrogens with zero attached hydrogens (tertiary/aromatic N) is 4. The lowest BCUT2D eigenvalue weighted by Crippen LogP contribution is -1.93. The molecule has 1 aromatic carbocycles. The highest BCUT2D eigenvalue weighted by Gasteiger charge is 2.08. The molecule has 0 spiro atoms. The average Bonchev–Trinajstić information content (AvgIpc) is 2.79. The Hall–Kier alpha value is -2.46. The molecule has 2 aromatic rings. The minimum absolute atomic E-state index is 0.383. The Kier molecular flexibility index (Phi) is 3.28. The van der Waals surface area contributed by atoms with E-state index in [1.807, 2.05) is 31.2 Å². The van der Waals surface area contributed by atoms with Crippen LogP contribution in [-0.4, -0.2) is 16.8 Å². The standard InChI is InChI=1S/C11H11N5O/c1-2-17-10-6-4-3-5-8(10)9-7-11(14-13-9)15-16-12/h3-7H,2H2,1H3,(H,13,14). The number of hydrogen-bond donors (Lipinski definition) is 1. The number of hydrogen-bond acceptors (Lipinski definition) is 3. The summed E-state index contributed by atoms with van der Waals surface area (Å²) >= 11 is 0. The molecule has 17 heavy (non-hydrogen) atoms. The van der Waals surface area contributed by atoms with Gasteiger partial charge in [-0.3, -0.25) is 5.10 Å². The van der Waals surface area contributed by atoms with Gasteiger partial charge in [-0.2, -0.15) is 5.10 Å². The molecule has 0 saturated carbocycles. The van der Waals surface area contributed by atoms with Crippen LogP contribution in [0.5, 0.6) is 5.75 Å². The van der Waals surface area contributed by atoms with E-state index in [9.17, 15) is 0 Å². The normalized spacial score (nSPS) is 9.71. The monoisotopic (exact) mass is 229 g/mol. The van der Waals surface area contributed by atoms with E-state index in [0.717, 1.165) is 11.3 Å². The number of nitrogens with one attached hydrogen (secondary N) is 1. The van der Waals surface area contributed by atoms with Crippen LogP contribution in [-0.2, 0) is 0 Å². The molecule has 1 aromatic heterocycles. The van der Waals surface area contributed by atoms with E-state index >= 15 is 0 Å². The summed E-state index contributed by atoms with van der Waals surface area (Å²) in [7, 11) is 0. The Labute approximate surface area is 97.9 Å². The predicted molar refractivity (Wildman–Crippen MR) is 64.0 cm³/mol. The molecule has 0 fully saturated rings. The number of benzene rings is 1. The summed E-state index contributed by atoms with van der Waals surface area (Å²) in [5.74, 6) is 1.14. The van der Waals surface area contributed by atoms with Crippen molar-refractivity contribution in [2.24, 2.45) is 5.11 Å². The topological polar surface area (TPSA) is 86.7 Å². The molecular formula is C11H11N5O. The van der Waals surface area contributed by atoms with Crippen LogP contribution in [0, 0.1) is 0 Å². The Morgan fingerprint density at radius 2 is 2.29 bits per heavy atom. The van der Waals surface area contributed by atoms with Gasteiger partial charge < -0.3 is 4.74 Å². The quantitative estimate of drug-likeness (QED) is 0.494. The van der Waals surface area contributed by atoms with E-state index in [2.05, 4.69) is 20.2 Å². The zero-order valence-corrected chi connectivity index (χ0v) is 9.29. The molecule has 0 aliphatic heterocycles. The highest BCUT2D eigenvalue weighted by Crippen LogP contribution is 2.30. The number of para-hydroxylation sites is 1. The van der Waals surface area contributed by atoms with Crippen molar-refractivity contribution in [1.29, 1.82) is 0 Å². The van der Waals surface area contributed by atoms with E-state index < -0.39 is 0 Å². The van der Waals surface area contributed by atoms with Gasteiger partial charge >= 0.3 is 0 Å². The lowest BCUT2D eigenvalue weighted by atomic mass is 10.1. The maximum Gasteiger partial charge on any atom is 0.128 e. The van der Waals surface area contributed by atoms with Gasteiger partial charge in [0.2, 0.25) is 0 Å². The number of aromatic amines is 1.